The van der Waals surface area contributed by atoms with Crippen molar-refractivity contribution in [3.8, 4) is 23.0 Å². The zero-order valence-electron chi connectivity index (χ0n) is 19.7. The molecule has 0 spiro atoms. The van der Waals surface area contributed by atoms with Crippen LogP contribution in [0.1, 0.15) is 37.9 Å². The molecule has 3 aliphatic rings. The van der Waals surface area contributed by atoms with Crippen LogP contribution in [0, 0.1) is 0 Å². The summed E-state index contributed by atoms with van der Waals surface area (Å²) < 4.78 is 78.1. The smallest absolute Gasteiger partial charge is 0.444 e. The van der Waals surface area contributed by atoms with E-state index in [0.29, 0.717) is 37.3 Å². The van der Waals surface area contributed by atoms with Gasteiger partial charge in [0, 0.05) is 26.2 Å². The fourth-order valence-corrected chi connectivity index (χ4v) is 4.37. The third kappa shape index (κ3) is 4.95. The number of halogens is 4. The van der Waals surface area contributed by atoms with Crippen molar-refractivity contribution in [2.75, 3.05) is 26.2 Å². The van der Waals surface area contributed by atoms with Crippen LogP contribution in [-0.2, 0) is 4.74 Å². The fourth-order valence-electron chi connectivity index (χ4n) is 4.37. The first-order chi connectivity index (χ1) is 16.8. The van der Waals surface area contributed by atoms with E-state index in [2.05, 4.69) is 18.9 Å². The number of fused-ring (bicyclic) bond motifs is 2. The van der Waals surface area contributed by atoms with Gasteiger partial charge in [-0.05, 0) is 56.2 Å². The lowest BCUT2D eigenvalue weighted by molar-refractivity contribution is -0.287. The Hall–Kier alpha value is -3.41. The van der Waals surface area contributed by atoms with Gasteiger partial charge < -0.3 is 28.6 Å². The topological polar surface area (TPSA) is 69.7 Å². The Morgan fingerprint density at radius 2 is 1.25 bits per heavy atom. The molecule has 8 nitrogen and oxygen atoms in total. The maximum absolute atomic E-state index is 13.6. The van der Waals surface area contributed by atoms with Gasteiger partial charge in [0.2, 0.25) is 0 Å². The molecule has 0 saturated carbocycles. The van der Waals surface area contributed by atoms with Gasteiger partial charge in [-0.2, -0.15) is 0 Å². The predicted molar refractivity (Wildman–Crippen MR) is 117 cm³/mol. The third-order valence-corrected chi connectivity index (χ3v) is 5.81. The van der Waals surface area contributed by atoms with Gasteiger partial charge >= 0.3 is 18.7 Å². The number of amides is 1. The minimum Gasteiger partial charge on any atom is -0.444 e. The second-order valence-electron chi connectivity index (χ2n) is 9.65. The first-order valence-electron chi connectivity index (χ1n) is 11.3. The first kappa shape index (κ1) is 24.3. The molecule has 0 atom stereocenters. The number of piperazine rings is 1. The van der Waals surface area contributed by atoms with Crippen LogP contribution in [-0.4, -0.2) is 60.3 Å². The highest BCUT2D eigenvalue weighted by Gasteiger charge is 2.45. The summed E-state index contributed by atoms with van der Waals surface area (Å²) in [5.74, 6) is -0.491. The summed E-state index contributed by atoms with van der Waals surface area (Å²) in [6.45, 7) is 6.84. The number of ether oxygens (including phenoxy) is 5. The summed E-state index contributed by atoms with van der Waals surface area (Å²) in [7, 11) is 0. The monoisotopic (exact) mass is 512 g/mol. The van der Waals surface area contributed by atoms with Crippen molar-refractivity contribution in [2.45, 2.75) is 45.0 Å². The van der Waals surface area contributed by atoms with Crippen molar-refractivity contribution in [3.63, 3.8) is 0 Å². The van der Waals surface area contributed by atoms with Gasteiger partial charge in [0.15, 0.2) is 23.0 Å². The highest BCUT2D eigenvalue weighted by molar-refractivity contribution is 5.68. The number of rotatable bonds is 3. The molecule has 3 aliphatic heterocycles. The van der Waals surface area contributed by atoms with Gasteiger partial charge in [0.05, 0.1) is 6.04 Å². The summed E-state index contributed by atoms with van der Waals surface area (Å²) in [5, 5.41) is 0. The Labute approximate surface area is 204 Å². The average Bonchev–Trinajstić information content (AvgIpc) is 3.24. The van der Waals surface area contributed by atoms with Gasteiger partial charge in [0.1, 0.15) is 5.60 Å². The van der Waals surface area contributed by atoms with Gasteiger partial charge in [-0.1, -0.05) is 12.1 Å². The molecule has 1 amide bonds. The van der Waals surface area contributed by atoms with Crippen LogP contribution in [0.5, 0.6) is 23.0 Å². The molecule has 0 unspecified atom stereocenters. The molecule has 1 fully saturated rings. The van der Waals surface area contributed by atoms with Crippen molar-refractivity contribution in [3.05, 3.63) is 47.5 Å². The highest BCUT2D eigenvalue weighted by Crippen LogP contribution is 2.46. The lowest BCUT2D eigenvalue weighted by Gasteiger charge is -2.40. The lowest BCUT2D eigenvalue weighted by atomic mass is 9.95. The molecule has 0 radical (unpaired) electrons. The molecular weight excluding hydrogens is 488 g/mol. The second kappa shape index (κ2) is 8.32. The van der Waals surface area contributed by atoms with Crippen LogP contribution >= 0.6 is 0 Å². The van der Waals surface area contributed by atoms with Crippen LogP contribution in [0.3, 0.4) is 0 Å². The number of hydrogen-bond acceptors (Lipinski definition) is 7. The van der Waals surface area contributed by atoms with Crippen LogP contribution in [0.2, 0.25) is 0 Å². The summed E-state index contributed by atoms with van der Waals surface area (Å²) in [4.78, 5) is 16.1. The number of carbonyl (C=O) groups is 1. The van der Waals surface area contributed by atoms with Crippen LogP contribution in [0.25, 0.3) is 0 Å². The molecule has 3 heterocycles. The van der Waals surface area contributed by atoms with Crippen LogP contribution in [0.15, 0.2) is 36.4 Å². The summed E-state index contributed by atoms with van der Waals surface area (Å²) in [6, 6.07) is 8.26. The van der Waals surface area contributed by atoms with E-state index >= 15 is 0 Å². The number of hydrogen-bond donors (Lipinski definition) is 0. The number of nitrogens with zero attached hydrogens (tertiary/aromatic N) is 2. The Morgan fingerprint density at radius 3 is 1.69 bits per heavy atom. The van der Waals surface area contributed by atoms with Crippen molar-refractivity contribution in [1.82, 2.24) is 9.80 Å². The van der Waals surface area contributed by atoms with Crippen LogP contribution < -0.4 is 18.9 Å². The second-order valence-corrected chi connectivity index (χ2v) is 9.65. The molecule has 0 N–H and O–H groups in total. The minimum atomic E-state index is -3.78. The SMILES string of the molecule is CC(C)(C)OC(=O)N1CCN(C(c2ccc3c(c2)OC(F)(F)O3)c2ccc3c(c2)OC(F)(F)O3)CC1. The van der Waals surface area contributed by atoms with E-state index in [0.717, 1.165) is 0 Å². The standard InChI is InChI=1S/C24H24F4N2O6/c1-22(2,3)36-21(31)30-10-8-29(9-11-30)20(14-4-6-16-18(12-14)34-23(25,26)32-16)15-5-7-17-19(13-15)35-24(27,28)33-17/h4-7,12-13,20H,8-11H2,1-3H3. The summed E-state index contributed by atoms with van der Waals surface area (Å²) in [5.41, 5.74) is 0.484. The normalized spacial score (nSPS) is 20.1. The molecule has 0 bridgehead atoms. The van der Waals surface area contributed by atoms with E-state index in [1.807, 2.05) is 4.90 Å². The van der Waals surface area contributed by atoms with Crippen molar-refractivity contribution in [2.24, 2.45) is 0 Å². The van der Waals surface area contributed by atoms with Crippen LogP contribution in [0.4, 0.5) is 22.4 Å². The van der Waals surface area contributed by atoms with E-state index in [4.69, 9.17) is 4.74 Å². The van der Waals surface area contributed by atoms with Crippen molar-refractivity contribution < 1.29 is 46.0 Å². The molecule has 0 aromatic heterocycles. The van der Waals surface area contributed by atoms with Gasteiger partial charge in [-0.3, -0.25) is 4.90 Å². The first-order valence-corrected chi connectivity index (χ1v) is 11.3. The predicted octanol–water partition coefficient (Wildman–Crippen LogP) is 4.97. The summed E-state index contributed by atoms with van der Waals surface area (Å²) >= 11 is 0. The minimum absolute atomic E-state index is 0.109. The molecule has 12 heteroatoms. The Morgan fingerprint density at radius 1 is 0.806 bits per heavy atom. The Bertz CT molecular complexity index is 1110. The molecular formula is C24H24F4N2O6. The van der Waals surface area contributed by atoms with Crippen molar-refractivity contribution in [1.29, 1.82) is 0 Å². The van der Waals surface area contributed by atoms with E-state index in [1.165, 1.54) is 24.3 Å². The lowest BCUT2D eigenvalue weighted by Crippen LogP contribution is -2.51. The maximum Gasteiger partial charge on any atom is 0.586 e. The number of carbonyl (C=O) groups excluding carboxylic acids is 1. The zero-order chi connectivity index (χ0) is 25.9. The molecule has 2 aromatic carbocycles. The van der Waals surface area contributed by atoms with E-state index < -0.39 is 30.3 Å². The molecule has 2 aromatic rings. The Balaban J connectivity index is 1.44. The van der Waals surface area contributed by atoms with Gasteiger partial charge in [-0.15, -0.1) is 17.6 Å². The summed E-state index contributed by atoms with van der Waals surface area (Å²) in [6.07, 6.45) is -7.99. The third-order valence-electron chi connectivity index (χ3n) is 5.81. The average molecular weight is 512 g/mol. The van der Waals surface area contributed by atoms with E-state index in [9.17, 15) is 22.4 Å². The molecule has 194 valence electrons. The molecule has 5 rings (SSSR count). The molecule has 36 heavy (non-hydrogen) atoms. The van der Waals surface area contributed by atoms with E-state index in [-0.39, 0.29) is 23.0 Å². The Kier molecular flexibility index (Phi) is 5.62. The quantitative estimate of drug-likeness (QED) is 0.538. The van der Waals surface area contributed by atoms with Gasteiger partial charge in [0.25, 0.3) is 0 Å². The number of alkyl halides is 4. The largest absolute Gasteiger partial charge is 0.586 e. The number of benzene rings is 2. The fraction of sp³-hybridized carbons (Fsp3) is 0.458. The maximum atomic E-state index is 13.6. The van der Waals surface area contributed by atoms with Crippen molar-refractivity contribution >= 4 is 6.09 Å². The molecule has 1 saturated heterocycles. The molecule has 0 aliphatic carbocycles. The highest BCUT2D eigenvalue weighted by atomic mass is 19.3. The van der Waals surface area contributed by atoms with Gasteiger partial charge in [-0.25, -0.2) is 4.79 Å². The van der Waals surface area contributed by atoms with E-state index in [1.54, 1.807) is 37.8 Å². The zero-order valence-corrected chi connectivity index (χ0v) is 19.7.